The third-order valence-electron chi connectivity index (χ3n) is 2.10. The van der Waals surface area contributed by atoms with Crippen molar-refractivity contribution in [2.24, 2.45) is 0 Å². The molecule has 90 valence electrons. The van der Waals surface area contributed by atoms with Gasteiger partial charge in [-0.15, -0.1) is 0 Å². The van der Waals surface area contributed by atoms with Crippen molar-refractivity contribution in [1.29, 1.82) is 0 Å². The molecular weight excluding hydrogens is 205 g/mol. The van der Waals surface area contributed by atoms with Crippen LogP contribution in [0, 0.1) is 5.82 Å². The summed E-state index contributed by atoms with van der Waals surface area (Å²) in [5.74, 6) is -0.387. The molecule has 0 fully saturated rings. The van der Waals surface area contributed by atoms with E-state index in [0.717, 1.165) is 0 Å². The molecule has 1 rings (SSSR count). The first kappa shape index (κ1) is 14.8. The first-order valence-corrected chi connectivity index (χ1v) is 5.45. The molecule has 0 aromatic heterocycles. The predicted molar refractivity (Wildman–Crippen MR) is 64.9 cm³/mol. The van der Waals surface area contributed by atoms with Crippen molar-refractivity contribution in [3.05, 3.63) is 35.6 Å². The predicted octanol–water partition coefficient (Wildman–Crippen LogP) is 3.04. The summed E-state index contributed by atoms with van der Waals surface area (Å²) in [4.78, 5) is 13.0. The van der Waals surface area contributed by atoms with Crippen molar-refractivity contribution in [3.63, 3.8) is 0 Å². The molecule has 2 nitrogen and oxygen atoms in total. The van der Waals surface area contributed by atoms with Crippen LogP contribution in [0.3, 0.4) is 0 Å². The van der Waals surface area contributed by atoms with Crippen molar-refractivity contribution < 1.29 is 9.18 Å². The number of benzene rings is 1. The van der Waals surface area contributed by atoms with Crippen LogP contribution in [0.2, 0.25) is 0 Å². The van der Waals surface area contributed by atoms with Gasteiger partial charge in [-0.05, 0) is 27.1 Å². The molecule has 0 spiro atoms. The van der Waals surface area contributed by atoms with Crippen molar-refractivity contribution in [1.82, 2.24) is 4.90 Å². The van der Waals surface area contributed by atoms with Crippen LogP contribution in [0.15, 0.2) is 24.3 Å². The highest BCUT2D eigenvalue weighted by Gasteiger charge is 2.21. The second-order valence-corrected chi connectivity index (χ2v) is 3.50. The van der Waals surface area contributed by atoms with Gasteiger partial charge in [-0.2, -0.15) is 0 Å². The van der Waals surface area contributed by atoms with Crippen molar-refractivity contribution in [2.45, 2.75) is 26.8 Å². The number of carbonyl (C=O) groups excluding carboxylic acids is 1. The zero-order valence-electron chi connectivity index (χ0n) is 10.6. The van der Waals surface area contributed by atoms with Crippen LogP contribution in [-0.4, -0.2) is 24.8 Å². The Kier molecular flexibility index (Phi) is 6.58. The number of likely N-dealkylation sites (N-methyl/N-ethyl adjacent to an activating group) is 1. The minimum atomic E-state index is -0.490. The van der Waals surface area contributed by atoms with Crippen LogP contribution < -0.4 is 0 Å². The Labute approximate surface area is 97.1 Å². The molecule has 16 heavy (non-hydrogen) atoms. The molecule has 0 N–H and O–H groups in total. The van der Waals surface area contributed by atoms with Crippen LogP contribution in [0.5, 0.6) is 0 Å². The van der Waals surface area contributed by atoms with Crippen LogP contribution in [0.25, 0.3) is 0 Å². The number of halogens is 1. The highest BCUT2D eigenvalue weighted by molar-refractivity contribution is 5.82. The minimum absolute atomic E-state index is 0.0555. The van der Waals surface area contributed by atoms with Crippen LogP contribution in [0.4, 0.5) is 4.39 Å². The van der Waals surface area contributed by atoms with Gasteiger partial charge < -0.3 is 0 Å². The van der Waals surface area contributed by atoms with Crippen LogP contribution in [-0.2, 0) is 4.79 Å². The molecule has 0 saturated carbocycles. The molecule has 3 heteroatoms. The van der Waals surface area contributed by atoms with E-state index in [0.29, 0.717) is 5.56 Å². The Bertz CT molecular complexity index is 336. The average Bonchev–Trinajstić information content (AvgIpc) is 2.23. The van der Waals surface area contributed by atoms with Gasteiger partial charge in [0.05, 0.1) is 6.04 Å². The SMILES string of the molecule is CC.CC(=O)C(c1ccccc1F)N(C)C. The van der Waals surface area contributed by atoms with E-state index < -0.39 is 6.04 Å². The number of hydrogen-bond donors (Lipinski definition) is 0. The third kappa shape index (κ3) is 3.74. The summed E-state index contributed by atoms with van der Waals surface area (Å²) < 4.78 is 13.4. The number of nitrogens with zero attached hydrogens (tertiary/aromatic N) is 1. The standard InChI is InChI=1S/C11H14FNO.C2H6/c1-8(14)11(13(2)3)9-6-4-5-7-10(9)12;1-2/h4-7,11H,1-3H3;1-2H3. The molecular formula is C13H20FNO. The molecule has 0 heterocycles. The van der Waals surface area contributed by atoms with Crippen LogP contribution >= 0.6 is 0 Å². The maximum Gasteiger partial charge on any atom is 0.151 e. The molecule has 0 aliphatic heterocycles. The topological polar surface area (TPSA) is 20.3 Å². The first-order chi connectivity index (χ1) is 7.54. The number of carbonyl (C=O) groups is 1. The fourth-order valence-corrected chi connectivity index (χ4v) is 1.56. The molecule has 1 unspecified atom stereocenters. The lowest BCUT2D eigenvalue weighted by Crippen LogP contribution is -2.26. The van der Waals surface area contributed by atoms with E-state index in [1.165, 1.54) is 13.0 Å². The van der Waals surface area contributed by atoms with Gasteiger partial charge in [0, 0.05) is 5.56 Å². The Morgan fingerprint density at radius 2 is 1.75 bits per heavy atom. The monoisotopic (exact) mass is 225 g/mol. The van der Waals surface area contributed by atoms with Gasteiger partial charge in [0.1, 0.15) is 5.82 Å². The summed E-state index contributed by atoms with van der Waals surface area (Å²) in [6.07, 6.45) is 0. The van der Waals surface area contributed by atoms with E-state index >= 15 is 0 Å². The molecule has 0 saturated heterocycles. The van der Waals surface area contributed by atoms with E-state index in [2.05, 4.69) is 0 Å². The van der Waals surface area contributed by atoms with Gasteiger partial charge in [0.2, 0.25) is 0 Å². The molecule has 0 amide bonds. The number of rotatable bonds is 3. The molecule has 0 bridgehead atoms. The van der Waals surface area contributed by atoms with Gasteiger partial charge in [-0.25, -0.2) is 4.39 Å². The number of Topliss-reactive ketones (excluding diaryl/α,β-unsaturated/α-hetero) is 1. The molecule has 0 aliphatic carbocycles. The number of ketones is 1. The Hall–Kier alpha value is -1.22. The second-order valence-electron chi connectivity index (χ2n) is 3.50. The van der Waals surface area contributed by atoms with Gasteiger partial charge in [0.25, 0.3) is 0 Å². The first-order valence-electron chi connectivity index (χ1n) is 5.45. The zero-order chi connectivity index (χ0) is 12.7. The Morgan fingerprint density at radius 1 is 1.25 bits per heavy atom. The van der Waals surface area contributed by atoms with Crippen molar-refractivity contribution >= 4 is 5.78 Å². The van der Waals surface area contributed by atoms with Gasteiger partial charge in [-0.1, -0.05) is 32.0 Å². The zero-order valence-corrected chi connectivity index (χ0v) is 10.6. The largest absolute Gasteiger partial charge is 0.298 e. The van der Waals surface area contributed by atoms with E-state index in [1.807, 2.05) is 13.8 Å². The lowest BCUT2D eigenvalue weighted by Gasteiger charge is -2.22. The molecule has 1 atom stereocenters. The molecule has 0 aliphatic rings. The van der Waals surface area contributed by atoms with Gasteiger partial charge in [0.15, 0.2) is 5.78 Å². The third-order valence-corrected chi connectivity index (χ3v) is 2.10. The average molecular weight is 225 g/mol. The van der Waals surface area contributed by atoms with Crippen molar-refractivity contribution in [3.8, 4) is 0 Å². The number of hydrogen-bond acceptors (Lipinski definition) is 2. The summed E-state index contributed by atoms with van der Waals surface area (Å²) >= 11 is 0. The highest BCUT2D eigenvalue weighted by atomic mass is 19.1. The maximum atomic E-state index is 13.4. The molecule has 1 aromatic carbocycles. The van der Waals surface area contributed by atoms with Gasteiger partial charge in [-0.3, -0.25) is 9.69 Å². The molecule has 1 aromatic rings. The van der Waals surface area contributed by atoms with Crippen molar-refractivity contribution in [2.75, 3.05) is 14.1 Å². The lowest BCUT2D eigenvalue weighted by atomic mass is 10.0. The minimum Gasteiger partial charge on any atom is -0.298 e. The highest BCUT2D eigenvalue weighted by Crippen LogP contribution is 2.21. The summed E-state index contributed by atoms with van der Waals surface area (Å²) in [5.41, 5.74) is 0.435. The fraction of sp³-hybridized carbons (Fsp3) is 0.462. The summed E-state index contributed by atoms with van der Waals surface area (Å²) in [6, 6.07) is 5.87. The summed E-state index contributed by atoms with van der Waals surface area (Å²) in [5, 5.41) is 0. The summed E-state index contributed by atoms with van der Waals surface area (Å²) in [6.45, 7) is 5.47. The van der Waals surface area contributed by atoms with E-state index in [4.69, 9.17) is 0 Å². The maximum absolute atomic E-state index is 13.4. The van der Waals surface area contributed by atoms with E-state index in [9.17, 15) is 9.18 Å². The van der Waals surface area contributed by atoms with E-state index in [-0.39, 0.29) is 11.6 Å². The Morgan fingerprint density at radius 3 is 2.12 bits per heavy atom. The Balaban J connectivity index is 0.00000106. The lowest BCUT2D eigenvalue weighted by molar-refractivity contribution is -0.121. The quantitative estimate of drug-likeness (QED) is 0.788. The van der Waals surface area contributed by atoms with E-state index in [1.54, 1.807) is 37.2 Å². The summed E-state index contributed by atoms with van der Waals surface area (Å²) in [7, 11) is 3.52. The van der Waals surface area contributed by atoms with Crippen LogP contribution in [0.1, 0.15) is 32.4 Å². The normalized spacial score (nSPS) is 11.7. The smallest absolute Gasteiger partial charge is 0.151 e. The fourth-order valence-electron chi connectivity index (χ4n) is 1.56. The van der Waals surface area contributed by atoms with Gasteiger partial charge >= 0.3 is 0 Å². The second kappa shape index (κ2) is 7.12. The molecule has 0 radical (unpaired) electrons.